The van der Waals surface area contributed by atoms with Crippen LogP contribution >= 0.6 is 47.0 Å². The summed E-state index contributed by atoms with van der Waals surface area (Å²) in [5, 5.41) is 86.1. The summed E-state index contributed by atoms with van der Waals surface area (Å²) in [6.07, 6.45) is -14.1. The summed E-state index contributed by atoms with van der Waals surface area (Å²) in [6, 6.07) is 5.30. The van der Waals surface area contributed by atoms with E-state index >= 15 is 0 Å². The maximum atomic E-state index is 13.3. The third kappa shape index (κ3) is 14.5. The van der Waals surface area contributed by atoms with Gasteiger partial charge in [0.1, 0.15) is 35.9 Å². The summed E-state index contributed by atoms with van der Waals surface area (Å²) in [4.78, 5) is 98.1. The van der Waals surface area contributed by atoms with E-state index in [4.69, 9.17) is 10.2 Å². The molecule has 8 rings (SSSR count). The first kappa shape index (κ1) is 64.8. The van der Waals surface area contributed by atoms with Gasteiger partial charge in [0, 0.05) is 34.1 Å². The molecule has 2 aromatic heterocycles. The van der Waals surface area contributed by atoms with Crippen LogP contribution < -0.4 is 124 Å². The number of carbonyl (C=O) groups is 8. The van der Waals surface area contributed by atoms with E-state index in [0.717, 1.165) is 90.5 Å². The van der Waals surface area contributed by atoms with Crippen LogP contribution in [0.5, 0.6) is 0 Å². The first-order valence-corrected chi connectivity index (χ1v) is 25.1. The Balaban J connectivity index is 0.000000280. The first-order valence-electron chi connectivity index (χ1n) is 21.1. The molecule has 6 atom stereocenters. The van der Waals surface area contributed by atoms with E-state index < -0.39 is 142 Å². The predicted octanol–water partition coefficient (Wildman–Crippen LogP) is -7.98. The average Bonchev–Trinajstić information content (AvgIpc) is 4.01. The number of hydrogen-bond acceptors (Lipinski definition) is 22. The Hall–Kier alpha value is -4.01. The maximum Gasteiger partial charge on any atom is 1.00 e. The second-order valence-electron chi connectivity index (χ2n) is 15.8. The van der Waals surface area contributed by atoms with Gasteiger partial charge in [0.05, 0.1) is 34.5 Å². The van der Waals surface area contributed by atoms with Crippen molar-refractivity contribution in [2.24, 2.45) is 0 Å². The Labute approximate surface area is 534 Å². The van der Waals surface area contributed by atoms with Gasteiger partial charge in [-0.3, -0.25) is 38.6 Å². The molecule has 0 spiro atoms. The summed E-state index contributed by atoms with van der Waals surface area (Å²) in [5.74, 6) is -9.90. The van der Waals surface area contributed by atoms with Crippen LogP contribution in [0.4, 0.5) is 26.3 Å². The molecule has 2 saturated heterocycles. The average molecular weight is 1230 g/mol. The van der Waals surface area contributed by atoms with E-state index in [-0.39, 0.29) is 147 Å². The number of tetrazole rings is 2. The van der Waals surface area contributed by atoms with E-state index in [1.165, 1.54) is 12.1 Å². The Bertz CT molecular complexity index is 2880. The number of amides is 4. The number of aliphatic hydroxyl groups excluding tert-OH is 2. The van der Waals surface area contributed by atoms with Crippen molar-refractivity contribution in [3.63, 3.8) is 0 Å². The first-order chi connectivity index (χ1) is 35.8. The number of carboxylic acid groups (broad SMARTS) is 4. The zero-order valence-corrected chi connectivity index (χ0v) is 49.1. The van der Waals surface area contributed by atoms with E-state index in [2.05, 4.69) is 41.7 Å². The topological polar surface area (TPSA) is 381 Å². The van der Waals surface area contributed by atoms with Gasteiger partial charge in [-0.15, -0.1) is 33.7 Å². The van der Waals surface area contributed by atoms with Gasteiger partial charge in [0.15, 0.2) is 12.2 Å². The molecule has 404 valence electrons. The number of hydrogen-bond donors (Lipinski definition) is 6. The largest absolute Gasteiger partial charge is 1.00 e. The number of β-lactam (4-membered cyclic amide) rings is 2. The van der Waals surface area contributed by atoms with Crippen LogP contribution in [0, 0.1) is 0 Å². The number of carboxylic acids is 4. The van der Waals surface area contributed by atoms with Crippen LogP contribution in [0.25, 0.3) is 0 Å². The van der Waals surface area contributed by atoms with Gasteiger partial charge in [-0.2, -0.15) is 26.3 Å². The van der Waals surface area contributed by atoms with Crippen LogP contribution in [-0.2, 0) is 63.8 Å². The molecule has 4 aliphatic heterocycles. The van der Waals surface area contributed by atoms with Gasteiger partial charge in [-0.05, 0) is 44.1 Å². The fraction of sp³-hybridized carbons (Fsp3) is 0.350. The van der Waals surface area contributed by atoms with Crippen molar-refractivity contribution in [1.82, 2.24) is 60.8 Å². The molecule has 26 nitrogen and oxygen atoms in total. The number of aromatic nitrogens is 8. The van der Waals surface area contributed by atoms with Gasteiger partial charge in [-0.1, -0.05) is 59.9 Å². The van der Waals surface area contributed by atoms with Crippen molar-refractivity contribution >= 4 is 94.6 Å². The molecule has 2 aromatic carbocycles. The molecular weight excluding hydrogens is 1190 g/mol. The monoisotopic (exact) mass is 1220 g/mol. The Morgan fingerprint density at radius 1 is 0.641 bits per heavy atom. The molecule has 4 aliphatic rings. The smallest absolute Gasteiger partial charge is 0.543 e. The Kier molecular flexibility index (Phi) is 22.6. The SMILES string of the molecule is O=C(O)Cn1nnnc1SCC1=C(C(=O)[O-])N2C(=O)C(NC(=O)[C@H](O)c3ccccc3C(F)(F)F)[C@H]2SC1.O=C(O)Cn1nnnc1SCC1=C(C(=O)[O-])N2C(=O)C(NC(=O)[C@H](O)c3ccccc3C(F)(F)F)[C@H]2SC1.[K+].[K+]. The number of halogens is 6. The molecule has 4 aromatic rings. The quantitative estimate of drug-likeness (QED) is 0.0233. The normalized spacial score (nSPS) is 19.5. The van der Waals surface area contributed by atoms with Gasteiger partial charge in [0.25, 0.3) is 23.6 Å². The number of aliphatic hydroxyl groups is 2. The fourth-order valence-corrected chi connectivity index (χ4v) is 12.4. The van der Waals surface area contributed by atoms with Crippen molar-refractivity contribution < 1.29 is 198 Å². The fourth-order valence-electron chi connectivity index (χ4n) is 7.66. The molecule has 38 heteroatoms. The number of rotatable bonds is 18. The minimum Gasteiger partial charge on any atom is -0.543 e. The molecule has 0 bridgehead atoms. The van der Waals surface area contributed by atoms with E-state index in [1.807, 2.05) is 0 Å². The minimum absolute atomic E-state index is 0. The van der Waals surface area contributed by atoms with Gasteiger partial charge in [0.2, 0.25) is 10.3 Å². The minimum atomic E-state index is -4.83. The molecule has 0 saturated carbocycles. The number of benzene rings is 2. The summed E-state index contributed by atoms with van der Waals surface area (Å²) in [7, 11) is 0. The molecular formula is C40H32F6K2N12O14S4. The molecule has 78 heavy (non-hydrogen) atoms. The van der Waals surface area contributed by atoms with Crippen molar-refractivity contribution in [3.8, 4) is 0 Å². The number of carbonyl (C=O) groups excluding carboxylic acids is 6. The molecule has 0 aliphatic carbocycles. The second kappa shape index (κ2) is 27.2. The van der Waals surface area contributed by atoms with Crippen LogP contribution in [0.3, 0.4) is 0 Å². The number of alkyl halides is 6. The van der Waals surface area contributed by atoms with Crippen LogP contribution in [0.1, 0.15) is 34.5 Å². The summed E-state index contributed by atoms with van der Waals surface area (Å²) in [5.41, 5.74) is -4.22. The standard InChI is InChI=1S/2C20H17F3N6O7S2.2K/c2*21-20(22,23)10-4-2-1-3-9(10)14(32)15(33)24-12-16(34)29-13(18(35)36)8(6-37-17(12)29)7-38-19-25-26-27-28(19)5-11(30)31;;/h2*1-4,12,14,17,32H,5-7H2,(H,24,33)(H,30,31)(H,35,36);;/q;;2*+1/p-2/t2*12?,14-,17-;;/m11../s1. The van der Waals surface area contributed by atoms with Gasteiger partial charge in [-0.25, -0.2) is 9.36 Å². The molecule has 4 amide bonds. The van der Waals surface area contributed by atoms with Crippen molar-refractivity contribution in [3.05, 3.63) is 93.3 Å². The van der Waals surface area contributed by atoms with Gasteiger partial charge >= 0.3 is 127 Å². The summed E-state index contributed by atoms with van der Waals surface area (Å²) < 4.78 is 81.6. The molecule has 6 heterocycles. The summed E-state index contributed by atoms with van der Waals surface area (Å²) >= 11 is 4.03. The van der Waals surface area contributed by atoms with Crippen LogP contribution in [0.15, 0.2) is 81.4 Å². The zero-order valence-electron chi connectivity index (χ0n) is 39.6. The third-order valence-electron chi connectivity index (χ3n) is 11.0. The van der Waals surface area contributed by atoms with Crippen molar-refractivity contribution in [2.45, 2.75) is 70.8 Å². The summed E-state index contributed by atoms with van der Waals surface area (Å²) in [6.45, 7) is -1.05. The van der Waals surface area contributed by atoms with Crippen molar-refractivity contribution in [2.75, 3.05) is 23.0 Å². The Morgan fingerprint density at radius 2 is 0.987 bits per heavy atom. The third-order valence-corrected chi connectivity index (χ3v) is 15.8. The molecule has 2 unspecified atom stereocenters. The predicted molar refractivity (Wildman–Crippen MR) is 239 cm³/mol. The van der Waals surface area contributed by atoms with E-state index in [9.17, 15) is 85.1 Å². The van der Waals surface area contributed by atoms with Crippen LogP contribution in [0.2, 0.25) is 0 Å². The maximum absolute atomic E-state index is 13.3. The van der Waals surface area contributed by atoms with Gasteiger partial charge < -0.3 is 50.9 Å². The number of nitrogens with one attached hydrogen (secondary N) is 2. The number of fused-ring (bicyclic) bond motifs is 2. The molecule has 2 fully saturated rings. The number of thioether (sulfide) groups is 4. The van der Waals surface area contributed by atoms with E-state index in [1.54, 1.807) is 0 Å². The molecule has 0 radical (unpaired) electrons. The number of aliphatic carboxylic acids is 4. The zero-order chi connectivity index (χ0) is 55.6. The second-order valence-corrected chi connectivity index (χ2v) is 19.9. The van der Waals surface area contributed by atoms with Crippen LogP contribution in [-0.4, -0.2) is 164 Å². The Morgan fingerprint density at radius 3 is 1.31 bits per heavy atom. The number of nitrogens with zero attached hydrogens (tertiary/aromatic N) is 10. The molecule has 6 N–H and O–H groups in total. The van der Waals surface area contributed by atoms with E-state index in [0.29, 0.717) is 12.1 Å². The van der Waals surface area contributed by atoms with Crippen molar-refractivity contribution in [1.29, 1.82) is 0 Å².